The summed E-state index contributed by atoms with van der Waals surface area (Å²) in [5, 5.41) is 7.77. The summed E-state index contributed by atoms with van der Waals surface area (Å²) in [4.78, 5) is 10.9. The van der Waals surface area contributed by atoms with Crippen molar-refractivity contribution in [3.63, 3.8) is 0 Å². The summed E-state index contributed by atoms with van der Waals surface area (Å²) in [6, 6.07) is 10.5. The third-order valence-electron chi connectivity index (χ3n) is 3.77. The Morgan fingerprint density at radius 1 is 1.08 bits per heavy atom. The molecule has 6 nitrogen and oxygen atoms in total. The fraction of sp³-hybridized carbons (Fsp3) is 0.278. The van der Waals surface area contributed by atoms with Crippen LogP contribution in [0.5, 0.6) is 0 Å². The van der Waals surface area contributed by atoms with Crippen LogP contribution < -0.4 is 10.2 Å². The van der Waals surface area contributed by atoms with Crippen molar-refractivity contribution in [1.29, 1.82) is 0 Å². The van der Waals surface area contributed by atoms with Crippen LogP contribution in [0, 0.1) is 13.8 Å². The van der Waals surface area contributed by atoms with Crippen LogP contribution in [0.2, 0.25) is 0 Å². The Hall–Kier alpha value is -2.89. The van der Waals surface area contributed by atoms with Gasteiger partial charge in [-0.1, -0.05) is 12.1 Å². The Morgan fingerprint density at radius 2 is 1.83 bits per heavy atom. The molecule has 0 unspecified atom stereocenters. The van der Waals surface area contributed by atoms with E-state index in [9.17, 15) is 0 Å². The molecule has 0 amide bonds. The topological polar surface area (TPSA) is 58.9 Å². The van der Waals surface area contributed by atoms with Crippen molar-refractivity contribution in [3.05, 3.63) is 59.7 Å². The Morgan fingerprint density at radius 3 is 2.46 bits per heavy atom. The molecule has 1 N–H and O–H groups in total. The van der Waals surface area contributed by atoms with Gasteiger partial charge in [-0.2, -0.15) is 5.10 Å². The fourth-order valence-corrected chi connectivity index (χ4v) is 2.51. The quantitative estimate of drug-likeness (QED) is 0.782. The number of rotatable bonds is 5. The van der Waals surface area contributed by atoms with Crippen molar-refractivity contribution < 1.29 is 0 Å². The largest absolute Gasteiger partial charge is 0.378 e. The first kappa shape index (κ1) is 16.0. The predicted molar refractivity (Wildman–Crippen MR) is 96.7 cm³/mol. The number of anilines is 2. The lowest BCUT2D eigenvalue weighted by molar-refractivity contribution is 0.799. The molecule has 0 aliphatic rings. The molecule has 124 valence electrons. The van der Waals surface area contributed by atoms with Crippen LogP contribution in [-0.2, 0) is 6.54 Å². The molecule has 3 rings (SSSR count). The molecule has 0 aliphatic heterocycles. The maximum absolute atomic E-state index is 4.60. The van der Waals surface area contributed by atoms with Gasteiger partial charge in [-0.05, 0) is 37.6 Å². The highest BCUT2D eigenvalue weighted by atomic mass is 15.3. The number of benzene rings is 1. The monoisotopic (exact) mass is 322 g/mol. The number of nitrogens with zero attached hydrogens (tertiary/aromatic N) is 5. The van der Waals surface area contributed by atoms with Crippen molar-refractivity contribution in [3.8, 4) is 5.82 Å². The second kappa shape index (κ2) is 6.70. The number of hydrogen-bond donors (Lipinski definition) is 1. The molecule has 2 aromatic heterocycles. The average molecular weight is 322 g/mol. The first-order chi connectivity index (χ1) is 11.5. The van der Waals surface area contributed by atoms with E-state index < -0.39 is 0 Å². The van der Waals surface area contributed by atoms with E-state index in [-0.39, 0.29) is 0 Å². The lowest BCUT2D eigenvalue weighted by atomic mass is 10.2. The second-order valence-corrected chi connectivity index (χ2v) is 6.02. The normalized spacial score (nSPS) is 10.7. The number of aryl methyl sites for hydroxylation is 2. The Bertz CT molecular complexity index is 820. The summed E-state index contributed by atoms with van der Waals surface area (Å²) < 4.78 is 1.80. The lowest BCUT2D eigenvalue weighted by Crippen LogP contribution is -2.09. The van der Waals surface area contributed by atoms with Crippen LogP contribution in [0.15, 0.2) is 42.7 Å². The molecule has 3 aromatic rings. The smallest absolute Gasteiger partial charge is 0.174 e. The third-order valence-corrected chi connectivity index (χ3v) is 3.77. The molecular weight excluding hydrogens is 300 g/mol. The molecule has 0 atom stereocenters. The van der Waals surface area contributed by atoms with E-state index in [0.717, 1.165) is 17.2 Å². The Labute approximate surface area is 142 Å². The molecule has 0 fully saturated rings. The van der Waals surface area contributed by atoms with Gasteiger partial charge in [0, 0.05) is 32.0 Å². The summed E-state index contributed by atoms with van der Waals surface area (Å²) in [6.07, 6.45) is 3.44. The number of hydrogen-bond acceptors (Lipinski definition) is 5. The van der Waals surface area contributed by atoms with E-state index in [1.807, 2.05) is 34.0 Å². The minimum Gasteiger partial charge on any atom is -0.378 e. The first-order valence-electron chi connectivity index (χ1n) is 7.89. The molecule has 0 bridgehead atoms. The van der Waals surface area contributed by atoms with E-state index in [0.29, 0.717) is 12.4 Å². The maximum Gasteiger partial charge on any atom is 0.174 e. The molecule has 6 heteroatoms. The zero-order valence-electron chi connectivity index (χ0n) is 14.5. The number of nitrogens with one attached hydrogen (secondary N) is 1. The molecular formula is C18H22N6. The van der Waals surface area contributed by atoms with Crippen LogP contribution in [0.3, 0.4) is 0 Å². The van der Waals surface area contributed by atoms with Crippen molar-refractivity contribution in [2.45, 2.75) is 20.4 Å². The predicted octanol–water partition coefficient (Wildman–Crippen LogP) is 2.96. The van der Waals surface area contributed by atoms with Crippen LogP contribution in [0.4, 0.5) is 11.5 Å². The molecule has 0 saturated carbocycles. The van der Waals surface area contributed by atoms with Gasteiger partial charge in [-0.15, -0.1) is 0 Å². The minimum absolute atomic E-state index is 0.697. The van der Waals surface area contributed by atoms with E-state index >= 15 is 0 Å². The summed E-state index contributed by atoms with van der Waals surface area (Å²) in [7, 11) is 4.07. The van der Waals surface area contributed by atoms with Crippen LogP contribution in [-0.4, -0.2) is 33.8 Å². The SMILES string of the molecule is Cc1cc(C)n(-c2cncc(NCc3ccc(N(C)C)cc3)n2)n1. The van der Waals surface area contributed by atoms with Gasteiger partial charge < -0.3 is 10.2 Å². The molecule has 1 aromatic carbocycles. The molecule has 0 spiro atoms. The highest BCUT2D eigenvalue weighted by molar-refractivity contribution is 5.46. The summed E-state index contributed by atoms with van der Waals surface area (Å²) in [5.74, 6) is 1.45. The zero-order valence-corrected chi connectivity index (χ0v) is 14.5. The molecule has 0 radical (unpaired) electrons. The van der Waals surface area contributed by atoms with Gasteiger partial charge in [0.15, 0.2) is 5.82 Å². The average Bonchev–Trinajstić information content (AvgIpc) is 2.92. The molecule has 0 aliphatic carbocycles. The lowest BCUT2D eigenvalue weighted by Gasteiger charge is -2.13. The van der Waals surface area contributed by atoms with Gasteiger partial charge in [0.25, 0.3) is 0 Å². The van der Waals surface area contributed by atoms with Crippen molar-refractivity contribution in [1.82, 2.24) is 19.7 Å². The van der Waals surface area contributed by atoms with E-state index in [1.54, 1.807) is 17.1 Å². The number of aromatic nitrogens is 4. The molecule has 0 saturated heterocycles. The van der Waals surface area contributed by atoms with Gasteiger partial charge in [0.2, 0.25) is 0 Å². The Kier molecular flexibility index (Phi) is 4.46. The van der Waals surface area contributed by atoms with Gasteiger partial charge in [0.1, 0.15) is 5.82 Å². The summed E-state index contributed by atoms with van der Waals surface area (Å²) >= 11 is 0. The van der Waals surface area contributed by atoms with Gasteiger partial charge in [-0.3, -0.25) is 4.98 Å². The van der Waals surface area contributed by atoms with Gasteiger partial charge in [-0.25, -0.2) is 9.67 Å². The van der Waals surface area contributed by atoms with Crippen molar-refractivity contribution in [2.75, 3.05) is 24.3 Å². The highest BCUT2D eigenvalue weighted by Gasteiger charge is 2.06. The second-order valence-electron chi connectivity index (χ2n) is 6.02. The minimum atomic E-state index is 0.697. The third kappa shape index (κ3) is 3.53. The van der Waals surface area contributed by atoms with Crippen LogP contribution in [0.1, 0.15) is 17.0 Å². The van der Waals surface area contributed by atoms with E-state index in [4.69, 9.17) is 0 Å². The van der Waals surface area contributed by atoms with Gasteiger partial charge >= 0.3 is 0 Å². The fourth-order valence-electron chi connectivity index (χ4n) is 2.51. The summed E-state index contributed by atoms with van der Waals surface area (Å²) in [6.45, 7) is 4.67. The first-order valence-corrected chi connectivity index (χ1v) is 7.89. The van der Waals surface area contributed by atoms with Crippen LogP contribution in [0.25, 0.3) is 5.82 Å². The van der Waals surface area contributed by atoms with Crippen molar-refractivity contribution >= 4 is 11.5 Å². The highest BCUT2D eigenvalue weighted by Crippen LogP contribution is 2.14. The molecule has 2 heterocycles. The summed E-state index contributed by atoms with van der Waals surface area (Å²) in [5.41, 5.74) is 4.39. The maximum atomic E-state index is 4.60. The van der Waals surface area contributed by atoms with Gasteiger partial charge in [0.05, 0.1) is 18.1 Å². The Balaban J connectivity index is 1.72. The van der Waals surface area contributed by atoms with E-state index in [1.165, 1.54) is 11.3 Å². The standard InChI is InChI=1S/C18H22N6/c1-13-9-14(2)24(22-13)18-12-19-11-17(21-18)20-10-15-5-7-16(8-6-15)23(3)4/h5-9,11-12H,10H2,1-4H3,(H,20,21). The van der Waals surface area contributed by atoms with E-state index in [2.05, 4.69) is 49.5 Å². The van der Waals surface area contributed by atoms with Crippen molar-refractivity contribution in [2.24, 2.45) is 0 Å². The molecule has 24 heavy (non-hydrogen) atoms. The zero-order chi connectivity index (χ0) is 17.1. The van der Waals surface area contributed by atoms with Crippen LogP contribution >= 0.6 is 0 Å².